The number of amides is 2. The van der Waals surface area contributed by atoms with Crippen LogP contribution in [0.4, 0.5) is 5.69 Å². The predicted octanol–water partition coefficient (Wildman–Crippen LogP) is 3.84. The van der Waals surface area contributed by atoms with Crippen LogP contribution >= 0.6 is 39.1 Å². The molecule has 0 aliphatic heterocycles. The molecule has 0 aromatic heterocycles. The number of hydrogen-bond acceptors (Lipinski definition) is 3. The first-order valence-corrected chi connectivity index (χ1v) is 7.85. The van der Waals surface area contributed by atoms with Crippen LogP contribution in [-0.2, 0) is 9.59 Å². The first kappa shape index (κ1) is 17.5. The molecular weight excluding hydrogens is 405 g/mol. The van der Waals surface area contributed by atoms with E-state index in [1.807, 2.05) is 0 Å². The van der Waals surface area contributed by atoms with Crippen LogP contribution in [0.15, 0.2) is 52.0 Å². The van der Waals surface area contributed by atoms with Gasteiger partial charge in [0.1, 0.15) is 0 Å². The molecule has 0 saturated heterocycles. The quantitative estimate of drug-likeness (QED) is 0.455. The van der Waals surface area contributed by atoms with Gasteiger partial charge in [0.05, 0.1) is 16.3 Å². The summed E-state index contributed by atoms with van der Waals surface area (Å²) >= 11 is 14.9. The Balaban J connectivity index is 1.90. The molecular formula is C15H10BrCl2N3O2. The largest absolute Gasteiger partial charge is 0.329 e. The van der Waals surface area contributed by atoms with E-state index >= 15 is 0 Å². The zero-order valence-corrected chi connectivity index (χ0v) is 14.6. The van der Waals surface area contributed by atoms with E-state index in [4.69, 9.17) is 23.2 Å². The van der Waals surface area contributed by atoms with Gasteiger partial charge < -0.3 is 5.32 Å². The van der Waals surface area contributed by atoms with Crippen LogP contribution in [0.1, 0.15) is 5.56 Å². The summed E-state index contributed by atoms with van der Waals surface area (Å²) in [5.74, 6) is -1.71. The summed E-state index contributed by atoms with van der Waals surface area (Å²) in [4.78, 5) is 23.3. The number of halogens is 3. The minimum atomic E-state index is -0.885. The molecule has 0 spiro atoms. The number of hydrazone groups is 1. The lowest BCUT2D eigenvalue weighted by atomic mass is 10.2. The number of nitrogens with one attached hydrogen (secondary N) is 2. The number of carbonyl (C=O) groups is 2. The zero-order chi connectivity index (χ0) is 16.8. The van der Waals surface area contributed by atoms with Gasteiger partial charge in [-0.2, -0.15) is 5.10 Å². The van der Waals surface area contributed by atoms with Crippen molar-refractivity contribution in [2.45, 2.75) is 0 Å². The van der Waals surface area contributed by atoms with Gasteiger partial charge in [-0.3, -0.25) is 9.59 Å². The minimum absolute atomic E-state index is 0.370. The molecule has 0 unspecified atom stereocenters. The molecule has 0 aliphatic carbocycles. The van der Waals surface area contributed by atoms with E-state index in [9.17, 15) is 9.59 Å². The van der Waals surface area contributed by atoms with Gasteiger partial charge in [-0.25, -0.2) is 5.43 Å². The highest BCUT2D eigenvalue weighted by Crippen LogP contribution is 2.21. The van der Waals surface area contributed by atoms with Crippen LogP contribution in [0, 0.1) is 0 Å². The van der Waals surface area contributed by atoms with Gasteiger partial charge in [0.2, 0.25) is 0 Å². The third-order valence-corrected chi connectivity index (χ3v) is 3.90. The molecule has 2 aromatic carbocycles. The number of hydrogen-bond donors (Lipinski definition) is 2. The molecule has 2 amide bonds. The third kappa shape index (κ3) is 5.35. The molecule has 0 heterocycles. The monoisotopic (exact) mass is 413 g/mol. The lowest BCUT2D eigenvalue weighted by Crippen LogP contribution is -2.32. The van der Waals surface area contributed by atoms with E-state index in [2.05, 4.69) is 31.8 Å². The van der Waals surface area contributed by atoms with Crippen molar-refractivity contribution in [3.63, 3.8) is 0 Å². The molecule has 23 heavy (non-hydrogen) atoms. The molecule has 0 atom stereocenters. The van der Waals surface area contributed by atoms with Crippen molar-refractivity contribution in [3.05, 3.63) is 62.5 Å². The molecule has 0 fully saturated rings. The van der Waals surface area contributed by atoms with Crippen molar-refractivity contribution >= 4 is 62.8 Å². The highest BCUT2D eigenvalue weighted by atomic mass is 79.9. The molecule has 0 saturated carbocycles. The van der Waals surface area contributed by atoms with Gasteiger partial charge >= 0.3 is 11.8 Å². The van der Waals surface area contributed by atoms with E-state index in [1.165, 1.54) is 6.21 Å². The summed E-state index contributed by atoms with van der Waals surface area (Å²) < 4.78 is 0.867. The van der Waals surface area contributed by atoms with E-state index in [1.54, 1.807) is 42.5 Å². The van der Waals surface area contributed by atoms with Crippen LogP contribution in [0.3, 0.4) is 0 Å². The van der Waals surface area contributed by atoms with Crippen molar-refractivity contribution in [2.24, 2.45) is 5.10 Å². The van der Waals surface area contributed by atoms with Crippen LogP contribution in [0.25, 0.3) is 0 Å². The Bertz CT molecular complexity index is 764. The lowest BCUT2D eigenvalue weighted by molar-refractivity contribution is -0.136. The van der Waals surface area contributed by atoms with Crippen molar-refractivity contribution < 1.29 is 9.59 Å². The Morgan fingerprint density at radius 3 is 2.35 bits per heavy atom. The smallest absolute Gasteiger partial charge is 0.318 e. The van der Waals surface area contributed by atoms with Crippen LogP contribution in [0.5, 0.6) is 0 Å². The summed E-state index contributed by atoms with van der Waals surface area (Å²) in [6, 6.07) is 11.7. The molecule has 2 rings (SSSR count). The van der Waals surface area contributed by atoms with Gasteiger partial charge in [-0.05, 0) is 42.0 Å². The summed E-state index contributed by atoms with van der Waals surface area (Å²) in [5.41, 5.74) is 3.26. The van der Waals surface area contributed by atoms with E-state index in [-0.39, 0.29) is 0 Å². The van der Waals surface area contributed by atoms with Gasteiger partial charge in [0.15, 0.2) is 0 Å². The number of rotatable bonds is 3. The van der Waals surface area contributed by atoms with Crippen LogP contribution in [-0.4, -0.2) is 18.0 Å². The number of nitrogens with zero attached hydrogens (tertiary/aromatic N) is 1. The van der Waals surface area contributed by atoms with Gasteiger partial charge in [0.25, 0.3) is 0 Å². The average Bonchev–Trinajstić information content (AvgIpc) is 2.53. The SMILES string of the molecule is O=C(N/N=C\c1ccc(Cl)c(Cl)c1)C(=O)Nc1ccc(Br)cc1. The molecule has 5 nitrogen and oxygen atoms in total. The maximum absolute atomic E-state index is 11.7. The molecule has 0 radical (unpaired) electrons. The number of benzene rings is 2. The highest BCUT2D eigenvalue weighted by molar-refractivity contribution is 9.10. The Kier molecular flexibility index (Phi) is 6.15. The Morgan fingerprint density at radius 2 is 1.70 bits per heavy atom. The fraction of sp³-hybridized carbons (Fsp3) is 0. The first-order valence-electron chi connectivity index (χ1n) is 6.31. The van der Waals surface area contributed by atoms with Gasteiger partial charge in [-0.1, -0.05) is 45.2 Å². The topological polar surface area (TPSA) is 70.6 Å². The zero-order valence-electron chi connectivity index (χ0n) is 11.5. The Labute approximate surface area is 150 Å². The molecule has 2 aromatic rings. The van der Waals surface area contributed by atoms with Crippen LogP contribution < -0.4 is 10.7 Å². The molecule has 118 valence electrons. The fourth-order valence-electron chi connectivity index (χ4n) is 1.53. The molecule has 0 aliphatic rings. The number of anilines is 1. The third-order valence-electron chi connectivity index (χ3n) is 2.63. The van der Waals surface area contributed by atoms with Crippen LogP contribution in [0.2, 0.25) is 10.0 Å². The van der Waals surface area contributed by atoms with Gasteiger partial charge in [0, 0.05) is 10.2 Å². The van der Waals surface area contributed by atoms with Crippen molar-refractivity contribution in [1.29, 1.82) is 0 Å². The highest BCUT2D eigenvalue weighted by Gasteiger charge is 2.12. The number of carbonyl (C=O) groups excluding carboxylic acids is 2. The van der Waals surface area contributed by atoms with Crippen molar-refractivity contribution in [3.8, 4) is 0 Å². The predicted molar refractivity (Wildman–Crippen MR) is 95.0 cm³/mol. The van der Waals surface area contributed by atoms with E-state index in [0.717, 1.165) is 4.47 Å². The second-order valence-corrected chi connectivity index (χ2v) is 6.06. The second-order valence-electron chi connectivity index (χ2n) is 4.33. The summed E-state index contributed by atoms with van der Waals surface area (Å²) in [6.07, 6.45) is 1.35. The van der Waals surface area contributed by atoms with E-state index < -0.39 is 11.8 Å². The fourth-order valence-corrected chi connectivity index (χ4v) is 2.10. The summed E-state index contributed by atoms with van der Waals surface area (Å²) in [5, 5.41) is 6.93. The van der Waals surface area contributed by atoms with E-state index in [0.29, 0.717) is 21.3 Å². The minimum Gasteiger partial charge on any atom is -0.318 e. The first-order chi connectivity index (χ1) is 11.0. The summed E-state index contributed by atoms with van der Waals surface area (Å²) in [6.45, 7) is 0. The van der Waals surface area contributed by atoms with Crippen molar-refractivity contribution in [2.75, 3.05) is 5.32 Å². The Hall–Kier alpha value is -1.89. The molecule has 2 N–H and O–H groups in total. The maximum Gasteiger partial charge on any atom is 0.329 e. The average molecular weight is 415 g/mol. The normalized spacial score (nSPS) is 10.6. The Morgan fingerprint density at radius 1 is 1.00 bits per heavy atom. The summed E-state index contributed by atoms with van der Waals surface area (Å²) in [7, 11) is 0. The molecule has 0 bridgehead atoms. The second kappa shape index (κ2) is 8.10. The van der Waals surface area contributed by atoms with Crippen molar-refractivity contribution in [1.82, 2.24) is 5.43 Å². The maximum atomic E-state index is 11.7. The standard InChI is InChI=1S/C15H10BrCl2N3O2/c16-10-2-4-11(5-3-10)20-14(22)15(23)21-19-8-9-1-6-12(17)13(18)7-9/h1-8H,(H,20,22)(H,21,23)/b19-8-. The molecule has 8 heteroatoms. The van der Waals surface area contributed by atoms with Gasteiger partial charge in [-0.15, -0.1) is 0 Å². The lowest BCUT2D eigenvalue weighted by Gasteiger charge is -2.03.